The Labute approximate surface area is 142 Å². The fraction of sp³-hybridized carbons (Fsp3) is 0.375. The van der Waals surface area contributed by atoms with Crippen LogP contribution in [0, 0.1) is 16.0 Å². The van der Waals surface area contributed by atoms with Gasteiger partial charge >= 0.3 is 0 Å². The van der Waals surface area contributed by atoms with Crippen LogP contribution in [0.5, 0.6) is 0 Å². The zero-order valence-electron chi connectivity index (χ0n) is 13.3. The molecule has 0 saturated carbocycles. The van der Waals surface area contributed by atoms with Crippen molar-refractivity contribution in [2.75, 3.05) is 13.1 Å². The van der Waals surface area contributed by atoms with Gasteiger partial charge in [0, 0.05) is 35.3 Å². The third-order valence-electron chi connectivity index (χ3n) is 4.07. The predicted octanol–water partition coefficient (Wildman–Crippen LogP) is 2.41. The molecule has 2 heterocycles. The molecule has 1 aliphatic heterocycles. The van der Waals surface area contributed by atoms with E-state index in [1.54, 1.807) is 17.0 Å². The van der Waals surface area contributed by atoms with Crippen molar-refractivity contribution in [1.82, 2.24) is 10.2 Å². The van der Waals surface area contributed by atoms with Crippen LogP contribution in [-0.4, -0.2) is 40.8 Å². The molecule has 0 spiro atoms. The monoisotopic (exact) mass is 347 g/mol. The third-order valence-corrected chi connectivity index (χ3v) is 5.17. The number of fused-ring (bicyclic) bond motifs is 1. The van der Waals surface area contributed by atoms with Crippen LogP contribution >= 0.6 is 11.3 Å². The van der Waals surface area contributed by atoms with Gasteiger partial charge in [0.25, 0.3) is 11.6 Å². The molecule has 1 N–H and O–H groups in total. The minimum absolute atomic E-state index is 0.00305. The van der Waals surface area contributed by atoms with Crippen LogP contribution in [-0.2, 0) is 4.79 Å². The van der Waals surface area contributed by atoms with Gasteiger partial charge in [-0.3, -0.25) is 19.7 Å². The molecule has 7 nitrogen and oxygen atoms in total. The molecule has 1 atom stereocenters. The Bertz CT molecular complexity index is 830. The van der Waals surface area contributed by atoms with E-state index in [1.807, 2.05) is 13.8 Å². The molecule has 0 aliphatic carbocycles. The molecule has 24 heavy (non-hydrogen) atoms. The number of benzene rings is 1. The maximum atomic E-state index is 12.9. The zero-order chi connectivity index (χ0) is 17.4. The summed E-state index contributed by atoms with van der Waals surface area (Å²) in [4.78, 5) is 37.5. The number of thiophene rings is 1. The van der Waals surface area contributed by atoms with Crippen LogP contribution in [0.2, 0.25) is 0 Å². The van der Waals surface area contributed by atoms with Crippen LogP contribution in [0.4, 0.5) is 5.69 Å². The second kappa shape index (κ2) is 6.20. The van der Waals surface area contributed by atoms with E-state index in [9.17, 15) is 19.7 Å². The Morgan fingerprint density at radius 3 is 2.83 bits per heavy atom. The summed E-state index contributed by atoms with van der Waals surface area (Å²) in [5, 5.41) is 14.3. The second-order valence-electron chi connectivity index (χ2n) is 6.07. The largest absolute Gasteiger partial charge is 0.353 e. The number of nitrogens with zero attached hydrogens (tertiary/aromatic N) is 2. The molecule has 1 aromatic carbocycles. The molecule has 2 amide bonds. The number of amides is 2. The van der Waals surface area contributed by atoms with Crippen LogP contribution in [0.25, 0.3) is 10.1 Å². The number of piperazine rings is 1. The molecule has 1 aromatic heterocycles. The molecule has 126 valence electrons. The van der Waals surface area contributed by atoms with Crippen LogP contribution < -0.4 is 5.32 Å². The first kappa shape index (κ1) is 16.4. The topological polar surface area (TPSA) is 92.6 Å². The number of nitrogens with one attached hydrogen (secondary N) is 1. The molecule has 2 aromatic rings. The Morgan fingerprint density at radius 1 is 1.42 bits per heavy atom. The number of rotatable bonds is 3. The predicted molar refractivity (Wildman–Crippen MR) is 91.2 cm³/mol. The SMILES string of the molecule is CC(C)C1C(=O)NCCN1C(=O)c1cc2cc([N+](=O)[O-])ccc2s1. The van der Waals surface area contributed by atoms with E-state index in [1.165, 1.54) is 23.5 Å². The smallest absolute Gasteiger partial charge is 0.270 e. The summed E-state index contributed by atoms with van der Waals surface area (Å²) in [6, 6.07) is 5.71. The lowest BCUT2D eigenvalue weighted by Crippen LogP contribution is -2.59. The van der Waals surface area contributed by atoms with Gasteiger partial charge in [-0.2, -0.15) is 0 Å². The number of hydrogen-bond donors (Lipinski definition) is 1. The minimum atomic E-state index is -0.495. The van der Waals surface area contributed by atoms with E-state index in [4.69, 9.17) is 0 Å². The van der Waals surface area contributed by atoms with Crippen molar-refractivity contribution < 1.29 is 14.5 Å². The van der Waals surface area contributed by atoms with Crippen molar-refractivity contribution in [2.24, 2.45) is 5.92 Å². The highest BCUT2D eigenvalue weighted by Gasteiger charge is 2.36. The van der Waals surface area contributed by atoms with Gasteiger partial charge in [0.2, 0.25) is 5.91 Å². The first-order valence-electron chi connectivity index (χ1n) is 7.65. The molecule has 0 radical (unpaired) electrons. The summed E-state index contributed by atoms with van der Waals surface area (Å²) in [7, 11) is 0. The molecule has 1 unspecified atom stereocenters. The first-order valence-corrected chi connectivity index (χ1v) is 8.47. The number of nitro groups is 1. The Hall–Kier alpha value is -2.48. The summed E-state index contributed by atoms with van der Waals surface area (Å²) in [5.41, 5.74) is -0.00305. The molecular formula is C16H17N3O4S. The maximum absolute atomic E-state index is 12.9. The van der Waals surface area contributed by atoms with Crippen molar-refractivity contribution in [3.8, 4) is 0 Å². The van der Waals surface area contributed by atoms with Gasteiger partial charge in [0.1, 0.15) is 6.04 Å². The first-order chi connectivity index (χ1) is 11.4. The maximum Gasteiger partial charge on any atom is 0.270 e. The fourth-order valence-electron chi connectivity index (χ4n) is 2.97. The fourth-order valence-corrected chi connectivity index (χ4v) is 3.97. The van der Waals surface area contributed by atoms with Crippen LogP contribution in [0.3, 0.4) is 0 Å². The van der Waals surface area contributed by atoms with E-state index in [2.05, 4.69) is 5.32 Å². The summed E-state index contributed by atoms with van der Waals surface area (Å²) in [6.07, 6.45) is 0. The second-order valence-corrected chi connectivity index (χ2v) is 7.15. The van der Waals surface area contributed by atoms with Crippen molar-refractivity contribution in [3.05, 3.63) is 39.3 Å². The van der Waals surface area contributed by atoms with Crippen molar-refractivity contribution in [2.45, 2.75) is 19.9 Å². The van der Waals surface area contributed by atoms with Gasteiger partial charge in [-0.25, -0.2) is 0 Å². The number of carbonyl (C=O) groups is 2. The molecule has 0 bridgehead atoms. The third kappa shape index (κ3) is 2.84. The van der Waals surface area contributed by atoms with Gasteiger partial charge < -0.3 is 10.2 Å². The lowest BCUT2D eigenvalue weighted by atomic mass is 9.99. The number of hydrogen-bond acceptors (Lipinski definition) is 5. The Balaban J connectivity index is 1.95. The van der Waals surface area contributed by atoms with E-state index < -0.39 is 11.0 Å². The summed E-state index contributed by atoms with van der Waals surface area (Å²) in [5.74, 6) is -0.335. The minimum Gasteiger partial charge on any atom is -0.353 e. The zero-order valence-corrected chi connectivity index (χ0v) is 14.1. The quantitative estimate of drug-likeness (QED) is 0.681. The Morgan fingerprint density at radius 2 is 2.17 bits per heavy atom. The van der Waals surface area contributed by atoms with Gasteiger partial charge in [-0.05, 0) is 18.1 Å². The molecule has 1 aliphatic rings. The number of nitro benzene ring substituents is 1. The number of non-ortho nitro benzene ring substituents is 1. The molecule has 8 heteroatoms. The highest BCUT2D eigenvalue weighted by atomic mass is 32.1. The van der Waals surface area contributed by atoms with Gasteiger partial charge in [0.05, 0.1) is 9.80 Å². The normalized spacial score (nSPS) is 18.0. The van der Waals surface area contributed by atoms with Crippen LogP contribution in [0.1, 0.15) is 23.5 Å². The lowest BCUT2D eigenvalue weighted by Gasteiger charge is -2.37. The molecular weight excluding hydrogens is 330 g/mol. The van der Waals surface area contributed by atoms with Crippen molar-refractivity contribution in [3.63, 3.8) is 0 Å². The summed E-state index contributed by atoms with van der Waals surface area (Å²) in [6.45, 7) is 4.71. The van der Waals surface area contributed by atoms with Crippen molar-refractivity contribution >= 4 is 38.9 Å². The van der Waals surface area contributed by atoms with Crippen LogP contribution in [0.15, 0.2) is 24.3 Å². The number of carbonyl (C=O) groups excluding carboxylic acids is 2. The van der Waals surface area contributed by atoms with E-state index in [0.717, 1.165) is 4.70 Å². The standard InChI is InChI=1S/C16H17N3O4S/c1-9(2)14-15(20)17-5-6-18(14)16(21)13-8-10-7-11(19(22)23)3-4-12(10)24-13/h3-4,7-9,14H,5-6H2,1-2H3,(H,17,20). The van der Waals surface area contributed by atoms with Gasteiger partial charge in [-0.1, -0.05) is 13.8 Å². The van der Waals surface area contributed by atoms with Crippen molar-refractivity contribution in [1.29, 1.82) is 0 Å². The van der Waals surface area contributed by atoms with Gasteiger partial charge in [0.15, 0.2) is 0 Å². The summed E-state index contributed by atoms with van der Waals surface area (Å²) < 4.78 is 0.812. The highest BCUT2D eigenvalue weighted by molar-refractivity contribution is 7.20. The highest BCUT2D eigenvalue weighted by Crippen LogP contribution is 2.30. The lowest BCUT2D eigenvalue weighted by molar-refractivity contribution is -0.384. The Kier molecular flexibility index (Phi) is 4.23. The average Bonchev–Trinajstić information content (AvgIpc) is 2.96. The molecule has 1 fully saturated rings. The average molecular weight is 347 g/mol. The van der Waals surface area contributed by atoms with Gasteiger partial charge in [-0.15, -0.1) is 11.3 Å². The van der Waals surface area contributed by atoms with E-state index >= 15 is 0 Å². The van der Waals surface area contributed by atoms with E-state index in [0.29, 0.717) is 23.4 Å². The molecule has 3 rings (SSSR count). The van der Waals surface area contributed by atoms with E-state index in [-0.39, 0.29) is 23.4 Å². The molecule has 1 saturated heterocycles. The summed E-state index contributed by atoms with van der Waals surface area (Å²) >= 11 is 1.29.